The van der Waals surface area contributed by atoms with Crippen molar-refractivity contribution in [1.82, 2.24) is 20.6 Å². The molecule has 1 heterocycles. The van der Waals surface area contributed by atoms with Crippen LogP contribution in [0.5, 0.6) is 0 Å². The van der Waals surface area contributed by atoms with Gasteiger partial charge >= 0.3 is 12.0 Å². The molecule has 0 aliphatic carbocycles. The van der Waals surface area contributed by atoms with E-state index in [-0.39, 0.29) is 6.42 Å². The fourth-order valence-corrected chi connectivity index (χ4v) is 1.44. The lowest BCUT2D eigenvalue weighted by molar-refractivity contribution is -0.139. The van der Waals surface area contributed by atoms with Gasteiger partial charge in [-0.2, -0.15) is 0 Å². The average molecular weight is 264 g/mol. The minimum atomic E-state index is -1.13. The number of carbonyl (C=O) groups is 2. The first-order valence-corrected chi connectivity index (χ1v) is 5.80. The van der Waals surface area contributed by atoms with Crippen molar-refractivity contribution in [2.24, 2.45) is 0 Å². The molecular formula is C12H16N4O3. The number of aliphatic carboxylic acids is 1. The maximum atomic E-state index is 11.6. The van der Waals surface area contributed by atoms with Crippen LogP contribution in [0.4, 0.5) is 4.79 Å². The molecule has 0 bridgehead atoms. The van der Waals surface area contributed by atoms with Crippen LogP contribution >= 0.6 is 0 Å². The van der Waals surface area contributed by atoms with Crippen LogP contribution in [-0.4, -0.2) is 39.2 Å². The van der Waals surface area contributed by atoms with Crippen molar-refractivity contribution >= 4 is 12.0 Å². The van der Waals surface area contributed by atoms with Crippen LogP contribution in [0, 0.1) is 12.3 Å². The second-order valence-corrected chi connectivity index (χ2v) is 3.92. The summed E-state index contributed by atoms with van der Waals surface area (Å²) < 4.78 is 0. The molecule has 19 heavy (non-hydrogen) atoms. The van der Waals surface area contributed by atoms with Crippen LogP contribution in [-0.2, 0) is 11.2 Å². The summed E-state index contributed by atoms with van der Waals surface area (Å²) in [6, 6.07) is -2.06. The molecule has 0 saturated carbocycles. The second kappa shape index (κ2) is 7.06. The number of aromatic amines is 1. The standard InChI is InChI=1S/C12H16N4O3/c1-3-8(4-2)15-12(19)16-10(11(17)18)5-9-6-13-7-14-9/h1,6-8,10H,4-5H2,2H3,(H,13,14)(H,17,18)(H2,15,16,19). The Morgan fingerprint density at radius 2 is 2.32 bits per heavy atom. The lowest BCUT2D eigenvalue weighted by Crippen LogP contribution is -2.49. The minimum Gasteiger partial charge on any atom is -0.480 e. The summed E-state index contributed by atoms with van der Waals surface area (Å²) in [5.41, 5.74) is 0.622. The third-order valence-corrected chi connectivity index (χ3v) is 2.50. The van der Waals surface area contributed by atoms with Crippen LogP contribution in [0.25, 0.3) is 0 Å². The SMILES string of the molecule is C#CC(CC)NC(=O)NC(Cc1cnc[nH]1)C(=O)O. The highest BCUT2D eigenvalue weighted by atomic mass is 16.4. The molecule has 2 atom stereocenters. The fraction of sp³-hybridized carbons (Fsp3) is 0.417. The maximum Gasteiger partial charge on any atom is 0.326 e. The van der Waals surface area contributed by atoms with Crippen LogP contribution < -0.4 is 10.6 Å². The van der Waals surface area contributed by atoms with Crippen LogP contribution in [0.2, 0.25) is 0 Å². The number of terminal acetylenes is 1. The van der Waals surface area contributed by atoms with Crippen LogP contribution in [0.3, 0.4) is 0 Å². The number of urea groups is 1. The molecule has 1 aromatic heterocycles. The fourth-order valence-electron chi connectivity index (χ4n) is 1.44. The summed E-state index contributed by atoms with van der Waals surface area (Å²) in [4.78, 5) is 29.2. The number of hydrogen-bond acceptors (Lipinski definition) is 3. The molecule has 2 amide bonds. The molecule has 0 aliphatic heterocycles. The molecule has 0 spiro atoms. The molecule has 7 nitrogen and oxygen atoms in total. The summed E-state index contributed by atoms with van der Waals surface area (Å²) in [6.45, 7) is 1.82. The highest BCUT2D eigenvalue weighted by Crippen LogP contribution is 1.99. The van der Waals surface area contributed by atoms with Crippen molar-refractivity contribution < 1.29 is 14.7 Å². The predicted octanol–water partition coefficient (Wildman–Crippen LogP) is 0.116. The molecule has 2 unspecified atom stereocenters. The first-order chi connectivity index (χ1) is 9.06. The molecule has 0 radical (unpaired) electrons. The van der Waals surface area contributed by atoms with E-state index in [1.54, 1.807) is 0 Å². The Morgan fingerprint density at radius 1 is 1.58 bits per heavy atom. The first-order valence-electron chi connectivity index (χ1n) is 5.80. The van der Waals surface area contributed by atoms with Crippen molar-refractivity contribution in [2.45, 2.75) is 31.8 Å². The molecule has 7 heteroatoms. The Labute approximate surface area is 110 Å². The Morgan fingerprint density at radius 3 is 2.79 bits per heavy atom. The first kappa shape index (κ1) is 14.6. The van der Waals surface area contributed by atoms with Gasteiger partial charge in [-0.25, -0.2) is 14.6 Å². The molecule has 0 saturated heterocycles. The number of H-pyrrole nitrogens is 1. The van der Waals surface area contributed by atoms with Gasteiger partial charge in [0.2, 0.25) is 0 Å². The van der Waals surface area contributed by atoms with Crippen molar-refractivity contribution in [3.05, 3.63) is 18.2 Å². The van der Waals surface area contributed by atoms with Gasteiger partial charge in [0, 0.05) is 18.3 Å². The molecule has 0 fully saturated rings. The van der Waals surface area contributed by atoms with Crippen molar-refractivity contribution in [2.75, 3.05) is 0 Å². The van der Waals surface area contributed by atoms with E-state index in [1.807, 2.05) is 6.92 Å². The monoisotopic (exact) mass is 264 g/mol. The smallest absolute Gasteiger partial charge is 0.326 e. The third kappa shape index (κ3) is 4.71. The highest BCUT2D eigenvalue weighted by molar-refractivity contribution is 5.83. The quantitative estimate of drug-likeness (QED) is 0.547. The maximum absolute atomic E-state index is 11.6. The summed E-state index contributed by atoms with van der Waals surface area (Å²) in [5, 5.41) is 13.9. The number of nitrogens with zero attached hydrogens (tertiary/aromatic N) is 1. The van der Waals surface area contributed by atoms with Gasteiger partial charge in [0.25, 0.3) is 0 Å². The minimum absolute atomic E-state index is 0.121. The number of amides is 2. The normalized spacial score (nSPS) is 13.1. The topological polar surface area (TPSA) is 107 Å². The van der Waals surface area contributed by atoms with E-state index < -0.39 is 24.1 Å². The van der Waals surface area contributed by atoms with E-state index in [1.165, 1.54) is 12.5 Å². The number of hydrogen-bond donors (Lipinski definition) is 4. The van der Waals surface area contributed by atoms with E-state index in [0.717, 1.165) is 0 Å². The molecule has 1 rings (SSSR count). The number of imidazole rings is 1. The lowest BCUT2D eigenvalue weighted by Gasteiger charge is -2.16. The Bertz CT molecular complexity index is 464. The van der Waals surface area contributed by atoms with E-state index in [2.05, 4.69) is 26.5 Å². The molecule has 1 aromatic rings. The van der Waals surface area contributed by atoms with Crippen molar-refractivity contribution in [3.8, 4) is 12.3 Å². The molecular weight excluding hydrogens is 248 g/mol. The molecule has 4 N–H and O–H groups in total. The van der Waals surface area contributed by atoms with E-state index in [4.69, 9.17) is 11.5 Å². The second-order valence-electron chi connectivity index (χ2n) is 3.92. The van der Waals surface area contributed by atoms with E-state index >= 15 is 0 Å². The zero-order chi connectivity index (χ0) is 14.3. The molecule has 0 aliphatic rings. The Kier molecular flexibility index (Phi) is 5.41. The summed E-state index contributed by atoms with van der Waals surface area (Å²) >= 11 is 0. The average Bonchev–Trinajstić information content (AvgIpc) is 2.87. The summed E-state index contributed by atoms with van der Waals surface area (Å²) in [6.07, 6.45) is 8.85. The Hall–Kier alpha value is -2.49. The van der Waals surface area contributed by atoms with Gasteiger partial charge in [-0.1, -0.05) is 12.8 Å². The van der Waals surface area contributed by atoms with Crippen LogP contribution in [0.15, 0.2) is 12.5 Å². The van der Waals surface area contributed by atoms with Gasteiger partial charge in [-0.3, -0.25) is 0 Å². The number of carboxylic acids is 1. The predicted molar refractivity (Wildman–Crippen MR) is 68.3 cm³/mol. The van der Waals surface area contributed by atoms with Gasteiger partial charge in [-0.15, -0.1) is 6.42 Å². The van der Waals surface area contributed by atoms with Gasteiger partial charge in [-0.05, 0) is 6.42 Å². The zero-order valence-corrected chi connectivity index (χ0v) is 10.5. The largest absolute Gasteiger partial charge is 0.480 e. The number of carboxylic acid groups (broad SMARTS) is 1. The van der Waals surface area contributed by atoms with Crippen molar-refractivity contribution in [3.63, 3.8) is 0 Å². The summed E-state index contributed by atoms with van der Waals surface area (Å²) in [7, 11) is 0. The highest BCUT2D eigenvalue weighted by Gasteiger charge is 2.21. The number of nitrogens with one attached hydrogen (secondary N) is 3. The van der Waals surface area contributed by atoms with Gasteiger partial charge < -0.3 is 20.7 Å². The van der Waals surface area contributed by atoms with Crippen LogP contribution in [0.1, 0.15) is 19.0 Å². The number of carbonyl (C=O) groups excluding carboxylic acids is 1. The third-order valence-electron chi connectivity index (χ3n) is 2.50. The molecule has 0 aromatic carbocycles. The Balaban J connectivity index is 2.57. The van der Waals surface area contributed by atoms with Crippen molar-refractivity contribution in [1.29, 1.82) is 0 Å². The zero-order valence-electron chi connectivity index (χ0n) is 10.5. The molecule has 102 valence electrons. The van der Waals surface area contributed by atoms with E-state index in [0.29, 0.717) is 12.1 Å². The lowest BCUT2D eigenvalue weighted by atomic mass is 10.1. The van der Waals surface area contributed by atoms with Gasteiger partial charge in [0.15, 0.2) is 0 Å². The van der Waals surface area contributed by atoms with E-state index in [9.17, 15) is 9.59 Å². The van der Waals surface area contributed by atoms with Gasteiger partial charge in [0.05, 0.1) is 12.4 Å². The number of rotatable bonds is 6. The summed E-state index contributed by atoms with van der Waals surface area (Å²) in [5.74, 6) is 1.27. The number of aromatic nitrogens is 2. The van der Waals surface area contributed by atoms with Gasteiger partial charge in [0.1, 0.15) is 6.04 Å².